The van der Waals surface area contributed by atoms with Crippen molar-refractivity contribution >= 4 is 24.3 Å². The number of alkyl halides is 3. The van der Waals surface area contributed by atoms with Crippen molar-refractivity contribution in [3.63, 3.8) is 0 Å². The van der Waals surface area contributed by atoms with E-state index >= 15 is 0 Å². The Hall–Kier alpha value is -1.02. The average molecular weight is 266 g/mol. The van der Waals surface area contributed by atoms with Gasteiger partial charge in [-0.15, -0.1) is 12.4 Å². The highest BCUT2D eigenvalue weighted by molar-refractivity contribution is 5.85. The highest BCUT2D eigenvalue weighted by Crippen LogP contribution is 2.26. The van der Waals surface area contributed by atoms with E-state index in [9.17, 15) is 22.8 Å². The fourth-order valence-electron chi connectivity index (χ4n) is 0.964. The maximum atomic E-state index is 12.0. The first kappa shape index (κ1) is 17.4. The van der Waals surface area contributed by atoms with E-state index in [0.717, 1.165) is 0 Å². The zero-order chi connectivity index (χ0) is 12.2. The fraction of sp³-hybridized carbons (Fsp3) is 0.714. The van der Waals surface area contributed by atoms with E-state index in [1.165, 1.54) is 0 Å². The first-order valence-corrected chi connectivity index (χ1v) is 3.93. The summed E-state index contributed by atoms with van der Waals surface area (Å²) in [4.78, 5) is 20.5. The van der Waals surface area contributed by atoms with E-state index in [1.54, 1.807) is 0 Å². The van der Waals surface area contributed by atoms with Crippen LogP contribution in [0.5, 0.6) is 0 Å². The molecule has 5 nitrogen and oxygen atoms in total. The lowest BCUT2D eigenvalue weighted by Crippen LogP contribution is -2.47. The summed E-state index contributed by atoms with van der Waals surface area (Å²) < 4.78 is 36.1. The molecule has 0 aliphatic rings. The van der Waals surface area contributed by atoms with Crippen LogP contribution in [0.15, 0.2) is 0 Å². The number of aliphatic carboxylic acids is 2. The summed E-state index contributed by atoms with van der Waals surface area (Å²) in [5.41, 5.74) is 4.68. The van der Waals surface area contributed by atoms with Gasteiger partial charge < -0.3 is 15.9 Å². The van der Waals surface area contributed by atoms with E-state index in [1.807, 2.05) is 0 Å². The van der Waals surface area contributed by atoms with Crippen molar-refractivity contribution in [2.75, 3.05) is 0 Å². The van der Waals surface area contributed by atoms with Crippen LogP contribution in [0, 0.1) is 5.92 Å². The highest BCUT2D eigenvalue weighted by Gasteiger charge is 2.44. The molecule has 0 aliphatic heterocycles. The van der Waals surface area contributed by atoms with Gasteiger partial charge in [-0.05, 0) is 6.42 Å². The first-order chi connectivity index (χ1) is 6.66. The minimum absolute atomic E-state index is 0. The number of nitrogens with two attached hydrogens (primary N) is 1. The molecule has 0 aromatic rings. The smallest absolute Gasteiger partial charge is 0.404 e. The van der Waals surface area contributed by atoms with Gasteiger partial charge in [-0.25, -0.2) is 0 Å². The third-order valence-corrected chi connectivity index (χ3v) is 1.80. The number of halogens is 4. The van der Waals surface area contributed by atoms with Gasteiger partial charge >= 0.3 is 18.1 Å². The molecule has 0 fully saturated rings. The second kappa shape index (κ2) is 6.54. The van der Waals surface area contributed by atoms with E-state index in [-0.39, 0.29) is 12.4 Å². The van der Waals surface area contributed by atoms with Crippen LogP contribution in [0.25, 0.3) is 0 Å². The number of carboxylic acid groups (broad SMARTS) is 2. The predicted molar refractivity (Wildman–Crippen MR) is 49.3 cm³/mol. The van der Waals surface area contributed by atoms with Crippen LogP contribution in [0.2, 0.25) is 0 Å². The summed E-state index contributed by atoms with van der Waals surface area (Å²) in [6.07, 6.45) is -6.16. The summed E-state index contributed by atoms with van der Waals surface area (Å²) in [5.74, 6) is -5.04. The Morgan fingerprint density at radius 2 is 1.69 bits per heavy atom. The quantitative estimate of drug-likeness (QED) is 0.684. The van der Waals surface area contributed by atoms with Gasteiger partial charge in [-0.1, -0.05) is 0 Å². The standard InChI is InChI=1S/C7H10F3NO4.ClH/c8-7(9,10)5(11)3(6(14)15)1-2-4(12)13;/h3,5H,1-2,11H2,(H,12,13)(H,14,15);1H. The minimum Gasteiger partial charge on any atom is -0.481 e. The third-order valence-electron chi connectivity index (χ3n) is 1.80. The van der Waals surface area contributed by atoms with Gasteiger partial charge in [-0.2, -0.15) is 13.2 Å². The Morgan fingerprint density at radius 3 is 1.94 bits per heavy atom. The second-order valence-corrected chi connectivity index (χ2v) is 2.94. The number of carboxylic acids is 2. The van der Waals surface area contributed by atoms with Crippen molar-refractivity contribution < 1.29 is 33.0 Å². The van der Waals surface area contributed by atoms with Crippen LogP contribution in [0.1, 0.15) is 12.8 Å². The molecule has 9 heteroatoms. The molecule has 0 aromatic heterocycles. The van der Waals surface area contributed by atoms with Crippen LogP contribution >= 0.6 is 12.4 Å². The van der Waals surface area contributed by atoms with Crippen LogP contribution < -0.4 is 5.73 Å². The normalized spacial score (nSPS) is 14.8. The molecular formula is C7H11ClF3NO4. The molecular weight excluding hydrogens is 255 g/mol. The number of rotatable bonds is 5. The monoisotopic (exact) mass is 265 g/mol. The lowest BCUT2D eigenvalue weighted by atomic mass is 9.95. The molecule has 0 rings (SSSR count). The fourth-order valence-corrected chi connectivity index (χ4v) is 0.964. The Bertz CT molecular complexity index is 259. The summed E-state index contributed by atoms with van der Waals surface area (Å²) in [6, 6.07) is -2.55. The lowest BCUT2D eigenvalue weighted by Gasteiger charge is -2.21. The van der Waals surface area contributed by atoms with Gasteiger partial charge in [-0.3, -0.25) is 9.59 Å². The van der Waals surface area contributed by atoms with Crippen molar-refractivity contribution in [1.29, 1.82) is 0 Å². The van der Waals surface area contributed by atoms with Crippen molar-refractivity contribution in [2.45, 2.75) is 25.1 Å². The Kier molecular flexibility index (Phi) is 7.10. The topological polar surface area (TPSA) is 101 Å². The summed E-state index contributed by atoms with van der Waals surface area (Å²) >= 11 is 0. The molecule has 0 radical (unpaired) electrons. The van der Waals surface area contributed by atoms with Crippen LogP contribution in [-0.2, 0) is 9.59 Å². The summed E-state index contributed by atoms with van der Waals surface area (Å²) in [5, 5.41) is 16.7. The molecule has 0 saturated carbocycles. The van der Waals surface area contributed by atoms with Crippen molar-refractivity contribution in [2.24, 2.45) is 11.7 Å². The Morgan fingerprint density at radius 1 is 1.25 bits per heavy atom. The van der Waals surface area contributed by atoms with Gasteiger partial charge in [0.15, 0.2) is 0 Å². The average Bonchev–Trinajstić information content (AvgIpc) is 2.01. The van der Waals surface area contributed by atoms with Gasteiger partial charge in [0.2, 0.25) is 0 Å². The van der Waals surface area contributed by atoms with Gasteiger partial charge in [0.25, 0.3) is 0 Å². The third kappa shape index (κ3) is 5.76. The first-order valence-electron chi connectivity index (χ1n) is 3.93. The van der Waals surface area contributed by atoms with Crippen molar-refractivity contribution in [3.8, 4) is 0 Å². The lowest BCUT2D eigenvalue weighted by molar-refractivity contribution is -0.174. The molecule has 0 spiro atoms. The molecule has 0 bridgehead atoms. The largest absolute Gasteiger partial charge is 0.481 e. The van der Waals surface area contributed by atoms with Gasteiger partial charge in [0.05, 0.1) is 5.92 Å². The molecule has 0 amide bonds. The maximum absolute atomic E-state index is 12.0. The van der Waals surface area contributed by atoms with Crippen LogP contribution in [0.4, 0.5) is 13.2 Å². The molecule has 96 valence electrons. The zero-order valence-corrected chi connectivity index (χ0v) is 8.72. The van der Waals surface area contributed by atoms with Crippen LogP contribution in [-0.4, -0.2) is 34.4 Å². The number of hydrogen-bond acceptors (Lipinski definition) is 3. The second-order valence-electron chi connectivity index (χ2n) is 2.94. The number of hydrogen-bond donors (Lipinski definition) is 3. The van der Waals surface area contributed by atoms with Crippen LogP contribution in [0.3, 0.4) is 0 Å². The molecule has 16 heavy (non-hydrogen) atoms. The predicted octanol–water partition coefficient (Wildman–Crippen LogP) is 0.863. The summed E-state index contributed by atoms with van der Waals surface area (Å²) in [6.45, 7) is 0. The molecule has 0 aromatic carbocycles. The molecule has 0 heterocycles. The van der Waals surface area contributed by atoms with Crippen molar-refractivity contribution in [1.82, 2.24) is 0 Å². The van der Waals surface area contributed by atoms with Crippen molar-refractivity contribution in [3.05, 3.63) is 0 Å². The maximum Gasteiger partial charge on any atom is 0.404 e. The highest BCUT2D eigenvalue weighted by atomic mass is 35.5. The number of carbonyl (C=O) groups is 2. The van der Waals surface area contributed by atoms with Gasteiger partial charge in [0.1, 0.15) is 6.04 Å². The molecule has 0 aliphatic carbocycles. The SMILES string of the molecule is Cl.NC(C(CCC(=O)O)C(=O)O)C(F)(F)F. The minimum atomic E-state index is -4.85. The molecule has 2 atom stereocenters. The van der Waals surface area contributed by atoms with E-state index in [0.29, 0.717) is 0 Å². The van der Waals surface area contributed by atoms with E-state index < -0.39 is 42.9 Å². The Balaban J connectivity index is 0. The van der Waals surface area contributed by atoms with E-state index in [2.05, 4.69) is 5.73 Å². The Labute approximate surface area is 94.8 Å². The summed E-state index contributed by atoms with van der Waals surface area (Å²) in [7, 11) is 0. The molecule has 0 saturated heterocycles. The van der Waals surface area contributed by atoms with Gasteiger partial charge in [0, 0.05) is 6.42 Å². The zero-order valence-electron chi connectivity index (χ0n) is 7.90. The van der Waals surface area contributed by atoms with E-state index in [4.69, 9.17) is 10.2 Å². The molecule has 4 N–H and O–H groups in total. The molecule has 2 unspecified atom stereocenters.